The third kappa shape index (κ3) is 2.85. The lowest BCUT2D eigenvalue weighted by Crippen LogP contribution is -2.24. The highest BCUT2D eigenvalue weighted by Crippen LogP contribution is 2.46. The van der Waals surface area contributed by atoms with Crippen molar-refractivity contribution in [2.24, 2.45) is 0 Å². The fourth-order valence-electron chi connectivity index (χ4n) is 3.81. The molecule has 1 aliphatic heterocycles. The number of carbonyl (C=O) groups is 1. The first-order chi connectivity index (χ1) is 13.2. The molecule has 1 amide bonds. The van der Waals surface area contributed by atoms with Gasteiger partial charge in [-0.1, -0.05) is 36.4 Å². The van der Waals surface area contributed by atoms with E-state index >= 15 is 0 Å². The number of hydrogen-bond donors (Lipinski definition) is 1. The minimum Gasteiger partial charge on any atom is -0.496 e. The van der Waals surface area contributed by atoms with Gasteiger partial charge in [0.1, 0.15) is 5.75 Å². The number of fused-ring (bicyclic) bond motifs is 3. The zero-order valence-electron chi connectivity index (χ0n) is 15.5. The number of nitrogens with one attached hydrogen (secondary N) is 1. The zero-order valence-corrected chi connectivity index (χ0v) is 15.5. The molecule has 1 N–H and O–H groups in total. The largest absolute Gasteiger partial charge is 0.496 e. The Morgan fingerprint density at radius 3 is 2.30 bits per heavy atom. The van der Waals surface area contributed by atoms with Gasteiger partial charge in [0, 0.05) is 29.4 Å². The molecule has 0 spiro atoms. The fourth-order valence-corrected chi connectivity index (χ4v) is 3.81. The molecule has 0 radical (unpaired) electrons. The van der Waals surface area contributed by atoms with Gasteiger partial charge in [0.15, 0.2) is 11.5 Å². The van der Waals surface area contributed by atoms with E-state index in [1.54, 1.807) is 27.4 Å². The second kappa shape index (κ2) is 6.83. The van der Waals surface area contributed by atoms with E-state index in [-0.39, 0.29) is 11.8 Å². The Kier molecular flexibility index (Phi) is 4.36. The zero-order chi connectivity index (χ0) is 19.0. The molecule has 3 aromatic carbocycles. The molecule has 5 heteroatoms. The molecular weight excluding hydrogens is 342 g/mol. The van der Waals surface area contributed by atoms with Crippen LogP contribution in [0, 0.1) is 0 Å². The summed E-state index contributed by atoms with van der Waals surface area (Å²) in [5.74, 6) is 1.74. The van der Waals surface area contributed by atoms with Crippen LogP contribution in [0.4, 0.5) is 5.69 Å². The van der Waals surface area contributed by atoms with Crippen molar-refractivity contribution in [1.29, 1.82) is 0 Å². The van der Waals surface area contributed by atoms with Crippen molar-refractivity contribution >= 4 is 22.4 Å². The van der Waals surface area contributed by atoms with Gasteiger partial charge in [0.2, 0.25) is 5.91 Å². The third-order valence-electron chi connectivity index (χ3n) is 5.10. The van der Waals surface area contributed by atoms with Gasteiger partial charge in [0.05, 0.1) is 27.0 Å². The fraction of sp³-hybridized carbons (Fsp3) is 0.227. The Morgan fingerprint density at radius 2 is 1.56 bits per heavy atom. The van der Waals surface area contributed by atoms with Crippen molar-refractivity contribution in [2.75, 3.05) is 26.6 Å². The van der Waals surface area contributed by atoms with E-state index in [0.29, 0.717) is 23.7 Å². The monoisotopic (exact) mass is 363 g/mol. The molecule has 1 heterocycles. The molecule has 3 aromatic rings. The molecule has 0 aromatic heterocycles. The second-order valence-corrected chi connectivity index (χ2v) is 6.50. The van der Waals surface area contributed by atoms with E-state index in [0.717, 1.165) is 27.6 Å². The Labute approximate surface area is 157 Å². The number of rotatable bonds is 4. The molecule has 0 bridgehead atoms. The molecule has 1 atom stereocenters. The number of carbonyl (C=O) groups excluding carboxylic acids is 1. The molecule has 0 saturated heterocycles. The highest BCUT2D eigenvalue weighted by molar-refractivity contribution is 6.06. The van der Waals surface area contributed by atoms with Crippen LogP contribution >= 0.6 is 0 Å². The minimum absolute atomic E-state index is 0.0132. The summed E-state index contributed by atoms with van der Waals surface area (Å²) in [6, 6.07) is 15.9. The molecule has 1 unspecified atom stereocenters. The van der Waals surface area contributed by atoms with Gasteiger partial charge in [-0.3, -0.25) is 4.79 Å². The maximum absolute atomic E-state index is 12.5. The summed E-state index contributed by atoms with van der Waals surface area (Å²) in [5, 5.41) is 5.18. The lowest BCUT2D eigenvalue weighted by molar-refractivity contribution is -0.116. The first-order valence-corrected chi connectivity index (χ1v) is 8.77. The van der Waals surface area contributed by atoms with Crippen molar-refractivity contribution in [3.63, 3.8) is 0 Å². The van der Waals surface area contributed by atoms with Gasteiger partial charge in [-0.2, -0.15) is 0 Å². The number of benzene rings is 3. The van der Waals surface area contributed by atoms with Gasteiger partial charge in [-0.25, -0.2) is 0 Å². The van der Waals surface area contributed by atoms with Gasteiger partial charge in [-0.15, -0.1) is 0 Å². The molecule has 5 nitrogen and oxygen atoms in total. The number of anilines is 1. The first kappa shape index (κ1) is 17.2. The van der Waals surface area contributed by atoms with Crippen LogP contribution in [-0.2, 0) is 4.79 Å². The number of methoxy groups -OCH3 is 3. The van der Waals surface area contributed by atoms with Gasteiger partial charge < -0.3 is 19.5 Å². The Bertz CT molecular complexity index is 1030. The molecule has 0 aliphatic carbocycles. The Balaban J connectivity index is 1.94. The number of amides is 1. The van der Waals surface area contributed by atoms with Gasteiger partial charge in [0.25, 0.3) is 0 Å². The van der Waals surface area contributed by atoms with Crippen molar-refractivity contribution in [2.45, 2.75) is 12.3 Å². The molecule has 4 rings (SSSR count). The van der Waals surface area contributed by atoms with Crippen LogP contribution in [0.15, 0.2) is 48.5 Å². The highest BCUT2D eigenvalue weighted by atomic mass is 16.5. The normalized spacial score (nSPS) is 15.8. The van der Waals surface area contributed by atoms with Gasteiger partial charge in [-0.05, 0) is 17.0 Å². The summed E-state index contributed by atoms with van der Waals surface area (Å²) in [4.78, 5) is 12.5. The SMILES string of the molecule is COc1cc(OC)c(C2CC(=O)Nc3c2ccc2ccccc32)cc1OC. The van der Waals surface area contributed by atoms with E-state index in [9.17, 15) is 4.79 Å². The first-order valence-electron chi connectivity index (χ1n) is 8.77. The van der Waals surface area contributed by atoms with Gasteiger partial charge >= 0.3 is 0 Å². The summed E-state index contributed by atoms with van der Waals surface area (Å²) in [6.07, 6.45) is 0.344. The van der Waals surface area contributed by atoms with Crippen LogP contribution in [-0.4, -0.2) is 27.2 Å². The predicted molar refractivity (Wildman–Crippen MR) is 105 cm³/mol. The quantitative estimate of drug-likeness (QED) is 0.749. The van der Waals surface area contributed by atoms with Crippen molar-refractivity contribution in [3.05, 3.63) is 59.7 Å². The highest BCUT2D eigenvalue weighted by Gasteiger charge is 2.30. The number of hydrogen-bond acceptors (Lipinski definition) is 4. The van der Waals surface area contributed by atoms with Crippen LogP contribution in [0.2, 0.25) is 0 Å². The van der Waals surface area contributed by atoms with E-state index in [4.69, 9.17) is 14.2 Å². The average Bonchev–Trinajstić information content (AvgIpc) is 2.71. The third-order valence-corrected chi connectivity index (χ3v) is 5.10. The molecular formula is C22H21NO4. The van der Waals surface area contributed by atoms with Crippen molar-refractivity contribution < 1.29 is 19.0 Å². The summed E-state index contributed by atoms with van der Waals surface area (Å²) in [6.45, 7) is 0. The van der Waals surface area contributed by atoms with Crippen LogP contribution in [0.1, 0.15) is 23.5 Å². The number of ether oxygens (including phenoxy) is 3. The summed E-state index contributed by atoms with van der Waals surface area (Å²) in [5.41, 5.74) is 2.84. The minimum atomic E-state index is -0.131. The summed E-state index contributed by atoms with van der Waals surface area (Å²) >= 11 is 0. The standard InChI is InChI=1S/C22H21NO4/c1-25-18-12-20(27-3)19(26-2)10-17(18)16-11-21(24)23-22-14-7-5-4-6-13(14)8-9-15(16)22/h4-10,12,16H,11H2,1-3H3,(H,23,24). The average molecular weight is 363 g/mol. The van der Waals surface area contributed by atoms with E-state index in [1.807, 2.05) is 30.3 Å². The summed E-state index contributed by atoms with van der Waals surface area (Å²) in [7, 11) is 4.81. The lowest BCUT2D eigenvalue weighted by atomic mass is 9.82. The van der Waals surface area contributed by atoms with Crippen LogP contribution < -0.4 is 19.5 Å². The van der Waals surface area contributed by atoms with Crippen molar-refractivity contribution in [3.8, 4) is 17.2 Å². The smallest absolute Gasteiger partial charge is 0.225 e. The van der Waals surface area contributed by atoms with Crippen LogP contribution in [0.5, 0.6) is 17.2 Å². The van der Waals surface area contributed by atoms with E-state index in [1.165, 1.54) is 0 Å². The predicted octanol–water partition coefficient (Wildman–Crippen LogP) is 4.34. The second-order valence-electron chi connectivity index (χ2n) is 6.50. The molecule has 1 aliphatic rings. The van der Waals surface area contributed by atoms with Crippen molar-refractivity contribution in [1.82, 2.24) is 0 Å². The van der Waals surface area contributed by atoms with E-state index < -0.39 is 0 Å². The van der Waals surface area contributed by atoms with Crippen LogP contribution in [0.3, 0.4) is 0 Å². The molecule has 0 fully saturated rings. The van der Waals surface area contributed by atoms with Crippen LogP contribution in [0.25, 0.3) is 10.8 Å². The lowest BCUT2D eigenvalue weighted by Gasteiger charge is -2.28. The Hall–Kier alpha value is -3.21. The topological polar surface area (TPSA) is 56.8 Å². The molecule has 138 valence electrons. The maximum atomic E-state index is 12.5. The summed E-state index contributed by atoms with van der Waals surface area (Å²) < 4.78 is 16.5. The van der Waals surface area contributed by atoms with E-state index in [2.05, 4.69) is 17.4 Å². The molecule has 27 heavy (non-hydrogen) atoms. The Morgan fingerprint density at radius 1 is 0.852 bits per heavy atom. The maximum Gasteiger partial charge on any atom is 0.225 e. The molecule has 0 saturated carbocycles.